The molecule has 0 radical (unpaired) electrons. The monoisotopic (exact) mass is 415 g/mol. The summed E-state index contributed by atoms with van der Waals surface area (Å²) in [7, 11) is 3.17. The van der Waals surface area contributed by atoms with Crippen molar-refractivity contribution in [2.24, 2.45) is 0 Å². The number of aliphatic hydroxyl groups excluding tert-OH is 1. The Balaban J connectivity index is 1.77. The van der Waals surface area contributed by atoms with Crippen molar-refractivity contribution in [2.45, 2.75) is 12.5 Å². The lowest BCUT2D eigenvalue weighted by Gasteiger charge is -2.28. The molecule has 1 heterocycles. The molecule has 1 atom stereocenters. The second-order valence-electron chi connectivity index (χ2n) is 7.38. The van der Waals surface area contributed by atoms with Gasteiger partial charge in [-0.05, 0) is 35.2 Å². The molecule has 0 aliphatic carbocycles. The van der Waals surface area contributed by atoms with E-state index in [1.807, 2.05) is 78.9 Å². The van der Waals surface area contributed by atoms with E-state index in [-0.39, 0.29) is 11.7 Å². The average molecular weight is 415 g/mol. The molecule has 1 amide bonds. The van der Waals surface area contributed by atoms with Gasteiger partial charge in [-0.25, -0.2) is 0 Å². The quantitative estimate of drug-likeness (QED) is 0.602. The standard InChI is InChI=1S/C26H25NO4/c1-30-21-14-13-20(17-22(21)31-2)24-23(19-11-7-4-8-12-19)25(28)26(29)27(24)16-15-18-9-5-3-6-10-18/h3-14,17,24,28H,15-16H2,1-2H3/t24-/m1/s1. The van der Waals surface area contributed by atoms with Gasteiger partial charge in [-0.2, -0.15) is 0 Å². The predicted octanol–water partition coefficient (Wildman–Crippen LogP) is 4.80. The largest absolute Gasteiger partial charge is 0.503 e. The minimum absolute atomic E-state index is 0.209. The van der Waals surface area contributed by atoms with E-state index in [2.05, 4.69) is 0 Å². The lowest BCUT2D eigenvalue weighted by molar-refractivity contribution is -0.129. The number of ether oxygens (including phenoxy) is 2. The van der Waals surface area contributed by atoms with Crippen molar-refractivity contribution in [3.05, 3.63) is 101 Å². The van der Waals surface area contributed by atoms with E-state index in [9.17, 15) is 9.90 Å². The Hall–Kier alpha value is -3.73. The number of carbonyl (C=O) groups is 1. The first-order valence-electron chi connectivity index (χ1n) is 10.2. The molecule has 0 saturated carbocycles. The normalized spacial score (nSPS) is 16.0. The number of benzene rings is 3. The highest BCUT2D eigenvalue weighted by Crippen LogP contribution is 2.44. The highest BCUT2D eigenvalue weighted by molar-refractivity contribution is 6.05. The summed E-state index contributed by atoms with van der Waals surface area (Å²) in [6.45, 7) is 0.474. The summed E-state index contributed by atoms with van der Waals surface area (Å²) in [5.74, 6) is 0.615. The number of amides is 1. The van der Waals surface area contributed by atoms with E-state index in [0.29, 0.717) is 30.0 Å². The van der Waals surface area contributed by atoms with Crippen LogP contribution in [0.15, 0.2) is 84.6 Å². The van der Waals surface area contributed by atoms with Gasteiger partial charge in [0.1, 0.15) is 0 Å². The van der Waals surface area contributed by atoms with E-state index in [1.54, 1.807) is 19.1 Å². The number of nitrogens with zero attached hydrogens (tertiary/aromatic N) is 1. The highest BCUT2D eigenvalue weighted by atomic mass is 16.5. The molecular weight excluding hydrogens is 390 g/mol. The Kier molecular flexibility index (Phi) is 5.94. The van der Waals surface area contributed by atoms with Crippen molar-refractivity contribution in [2.75, 3.05) is 20.8 Å². The van der Waals surface area contributed by atoms with Gasteiger partial charge >= 0.3 is 0 Å². The fourth-order valence-electron chi connectivity index (χ4n) is 4.06. The smallest absolute Gasteiger partial charge is 0.289 e. The first-order valence-corrected chi connectivity index (χ1v) is 10.2. The molecule has 1 N–H and O–H groups in total. The molecule has 1 aliphatic heterocycles. The van der Waals surface area contributed by atoms with Crippen LogP contribution in [0.1, 0.15) is 22.7 Å². The van der Waals surface area contributed by atoms with Gasteiger partial charge in [0, 0.05) is 12.1 Å². The number of hydrogen-bond donors (Lipinski definition) is 1. The summed E-state index contributed by atoms with van der Waals surface area (Å²) in [6.07, 6.45) is 0.686. The minimum Gasteiger partial charge on any atom is -0.503 e. The third-order valence-electron chi connectivity index (χ3n) is 5.60. The molecule has 5 heteroatoms. The fourth-order valence-corrected chi connectivity index (χ4v) is 4.06. The number of carbonyl (C=O) groups excluding carboxylic acids is 1. The molecule has 0 saturated heterocycles. The number of aliphatic hydroxyl groups is 1. The maximum absolute atomic E-state index is 13.1. The maximum atomic E-state index is 13.1. The molecule has 3 aromatic carbocycles. The Bertz CT molecular complexity index is 1090. The van der Waals surface area contributed by atoms with Crippen LogP contribution in [0.25, 0.3) is 5.57 Å². The van der Waals surface area contributed by atoms with E-state index >= 15 is 0 Å². The van der Waals surface area contributed by atoms with Gasteiger partial charge < -0.3 is 19.5 Å². The summed E-state index contributed by atoms with van der Waals surface area (Å²) in [4.78, 5) is 14.9. The first-order chi connectivity index (χ1) is 15.1. The summed E-state index contributed by atoms with van der Waals surface area (Å²) in [6, 6.07) is 24.7. The van der Waals surface area contributed by atoms with Crippen molar-refractivity contribution >= 4 is 11.5 Å². The molecule has 158 valence electrons. The van der Waals surface area contributed by atoms with Crippen LogP contribution in [0.2, 0.25) is 0 Å². The molecule has 0 bridgehead atoms. The van der Waals surface area contributed by atoms with Crippen LogP contribution >= 0.6 is 0 Å². The molecule has 1 aliphatic rings. The van der Waals surface area contributed by atoms with Gasteiger partial charge in [-0.1, -0.05) is 66.7 Å². The molecule has 31 heavy (non-hydrogen) atoms. The maximum Gasteiger partial charge on any atom is 0.289 e. The summed E-state index contributed by atoms with van der Waals surface area (Å²) < 4.78 is 10.9. The molecule has 3 aromatic rings. The van der Waals surface area contributed by atoms with Crippen LogP contribution < -0.4 is 9.47 Å². The van der Waals surface area contributed by atoms with Crippen molar-refractivity contribution in [3.8, 4) is 11.5 Å². The Morgan fingerprint density at radius 3 is 2.16 bits per heavy atom. The predicted molar refractivity (Wildman–Crippen MR) is 120 cm³/mol. The van der Waals surface area contributed by atoms with Gasteiger partial charge in [0.05, 0.1) is 20.3 Å². The van der Waals surface area contributed by atoms with Crippen molar-refractivity contribution in [3.63, 3.8) is 0 Å². The minimum atomic E-state index is -0.432. The molecular formula is C26H25NO4. The highest BCUT2D eigenvalue weighted by Gasteiger charge is 2.41. The molecule has 0 unspecified atom stereocenters. The lowest BCUT2D eigenvalue weighted by atomic mass is 9.93. The molecule has 0 spiro atoms. The zero-order valence-corrected chi connectivity index (χ0v) is 17.6. The van der Waals surface area contributed by atoms with E-state index in [0.717, 1.165) is 16.7 Å². The van der Waals surface area contributed by atoms with Crippen molar-refractivity contribution in [1.82, 2.24) is 4.90 Å². The van der Waals surface area contributed by atoms with Crippen molar-refractivity contribution < 1.29 is 19.4 Å². The van der Waals surface area contributed by atoms with Crippen LogP contribution in [0, 0.1) is 0 Å². The SMILES string of the molecule is COc1ccc([C@@H]2C(c3ccccc3)=C(O)C(=O)N2CCc2ccccc2)cc1OC. The van der Waals surface area contributed by atoms with Gasteiger partial charge in [-0.3, -0.25) is 4.79 Å². The summed E-state index contributed by atoms with van der Waals surface area (Å²) >= 11 is 0. The van der Waals surface area contributed by atoms with Crippen LogP contribution in [0.5, 0.6) is 11.5 Å². The number of hydrogen-bond acceptors (Lipinski definition) is 4. The zero-order chi connectivity index (χ0) is 21.8. The Morgan fingerprint density at radius 2 is 1.52 bits per heavy atom. The second kappa shape index (κ2) is 8.96. The Morgan fingerprint density at radius 1 is 0.871 bits per heavy atom. The number of methoxy groups -OCH3 is 2. The van der Waals surface area contributed by atoms with Crippen molar-refractivity contribution in [1.29, 1.82) is 0 Å². The van der Waals surface area contributed by atoms with Crippen LogP contribution in [-0.2, 0) is 11.2 Å². The second-order valence-corrected chi connectivity index (χ2v) is 7.38. The van der Waals surface area contributed by atoms with E-state index < -0.39 is 6.04 Å². The van der Waals surface area contributed by atoms with Gasteiger partial charge in [0.25, 0.3) is 5.91 Å². The van der Waals surface area contributed by atoms with Crippen LogP contribution in [0.4, 0.5) is 0 Å². The first kappa shape index (κ1) is 20.5. The summed E-state index contributed by atoms with van der Waals surface area (Å²) in [5, 5.41) is 10.9. The molecule has 0 fully saturated rings. The zero-order valence-electron chi connectivity index (χ0n) is 17.6. The van der Waals surface area contributed by atoms with E-state index in [4.69, 9.17) is 9.47 Å². The Labute approximate surface area is 182 Å². The van der Waals surface area contributed by atoms with Crippen LogP contribution in [0.3, 0.4) is 0 Å². The summed E-state index contributed by atoms with van der Waals surface area (Å²) in [5.41, 5.74) is 3.40. The third kappa shape index (κ3) is 3.99. The van der Waals surface area contributed by atoms with Gasteiger partial charge in [-0.15, -0.1) is 0 Å². The average Bonchev–Trinajstić information content (AvgIpc) is 3.08. The molecule has 5 nitrogen and oxygen atoms in total. The topological polar surface area (TPSA) is 59.0 Å². The molecule has 4 rings (SSSR count). The number of rotatable bonds is 7. The van der Waals surface area contributed by atoms with Gasteiger partial charge in [0.2, 0.25) is 0 Å². The van der Waals surface area contributed by atoms with E-state index in [1.165, 1.54) is 0 Å². The van der Waals surface area contributed by atoms with Gasteiger partial charge in [0.15, 0.2) is 17.3 Å². The third-order valence-corrected chi connectivity index (χ3v) is 5.60. The van der Waals surface area contributed by atoms with Crippen LogP contribution in [-0.4, -0.2) is 36.7 Å². The molecule has 0 aromatic heterocycles. The lowest BCUT2D eigenvalue weighted by Crippen LogP contribution is -2.32. The fraction of sp³-hybridized carbons (Fsp3) is 0.192.